The van der Waals surface area contributed by atoms with Crippen LogP contribution in [0.15, 0.2) is 48.9 Å². The average Bonchev–Trinajstić information content (AvgIpc) is 3.10. The van der Waals surface area contributed by atoms with Crippen molar-refractivity contribution in [2.75, 3.05) is 19.8 Å². The summed E-state index contributed by atoms with van der Waals surface area (Å²) in [6.45, 7) is 1.81. The molecule has 1 amide bonds. The van der Waals surface area contributed by atoms with E-state index in [1.165, 1.54) is 0 Å². The van der Waals surface area contributed by atoms with Crippen LogP contribution in [0, 0.1) is 5.92 Å². The Bertz CT molecular complexity index is 710. The topological polar surface area (TPSA) is 64.6 Å². The molecule has 0 N–H and O–H groups in total. The van der Waals surface area contributed by atoms with E-state index in [9.17, 15) is 4.79 Å². The number of aromatic nitrogens is 2. The minimum Gasteiger partial charge on any atom is -0.477 e. The van der Waals surface area contributed by atoms with Crippen molar-refractivity contribution in [1.82, 2.24) is 14.9 Å². The van der Waals surface area contributed by atoms with Gasteiger partial charge in [-0.25, -0.2) is 4.98 Å². The highest BCUT2D eigenvalue weighted by Crippen LogP contribution is 2.35. The zero-order chi connectivity index (χ0) is 17.1. The molecule has 0 aromatic carbocycles. The van der Waals surface area contributed by atoms with Gasteiger partial charge in [-0.3, -0.25) is 9.78 Å². The van der Waals surface area contributed by atoms with Crippen LogP contribution in [-0.4, -0.2) is 52.7 Å². The van der Waals surface area contributed by atoms with Crippen LogP contribution in [0.4, 0.5) is 0 Å². The second-order valence-corrected chi connectivity index (χ2v) is 6.53. The van der Waals surface area contributed by atoms with Gasteiger partial charge in [0.1, 0.15) is 0 Å². The second-order valence-electron chi connectivity index (χ2n) is 6.53. The van der Waals surface area contributed by atoms with Gasteiger partial charge in [-0.2, -0.15) is 0 Å². The standard InChI is InChI=1S/C19H21N3O3/c23-19(15-4-3-6-20-12-15)22-8-9-24-17-11-14(10-16(17)22)13-25-18-5-1-2-7-21-18/h1-7,12,14,16-17H,8-11,13H2/t14-,16+,17+/m0/s1. The Labute approximate surface area is 146 Å². The summed E-state index contributed by atoms with van der Waals surface area (Å²) < 4.78 is 11.7. The Morgan fingerprint density at radius 2 is 2.20 bits per heavy atom. The summed E-state index contributed by atoms with van der Waals surface area (Å²) >= 11 is 0. The molecule has 1 aliphatic carbocycles. The summed E-state index contributed by atoms with van der Waals surface area (Å²) in [5, 5.41) is 0. The molecule has 0 radical (unpaired) electrons. The largest absolute Gasteiger partial charge is 0.477 e. The van der Waals surface area contributed by atoms with Crippen molar-refractivity contribution >= 4 is 5.91 Å². The maximum atomic E-state index is 12.8. The van der Waals surface area contributed by atoms with Crippen molar-refractivity contribution < 1.29 is 14.3 Å². The highest BCUT2D eigenvalue weighted by Gasteiger charge is 2.43. The zero-order valence-electron chi connectivity index (χ0n) is 14.0. The number of carbonyl (C=O) groups is 1. The van der Waals surface area contributed by atoms with E-state index < -0.39 is 0 Å². The van der Waals surface area contributed by atoms with Gasteiger partial charge < -0.3 is 14.4 Å². The van der Waals surface area contributed by atoms with Crippen molar-refractivity contribution in [3.8, 4) is 5.88 Å². The number of pyridine rings is 2. The first-order chi connectivity index (χ1) is 12.3. The lowest BCUT2D eigenvalue weighted by molar-refractivity contribution is -0.0448. The molecule has 3 atom stereocenters. The fourth-order valence-corrected chi connectivity index (χ4v) is 3.73. The number of nitrogens with zero attached hydrogens (tertiary/aromatic N) is 3. The molecular formula is C19H21N3O3. The van der Waals surface area contributed by atoms with Crippen LogP contribution in [0.25, 0.3) is 0 Å². The summed E-state index contributed by atoms with van der Waals surface area (Å²) in [4.78, 5) is 23.0. The number of morpholine rings is 1. The van der Waals surface area contributed by atoms with E-state index >= 15 is 0 Å². The molecule has 130 valence electrons. The van der Waals surface area contributed by atoms with Gasteiger partial charge in [0.15, 0.2) is 0 Å². The van der Waals surface area contributed by atoms with E-state index in [0.29, 0.717) is 37.1 Å². The van der Waals surface area contributed by atoms with Gasteiger partial charge in [0.05, 0.1) is 30.9 Å². The van der Waals surface area contributed by atoms with Crippen LogP contribution in [0.5, 0.6) is 5.88 Å². The predicted molar refractivity (Wildman–Crippen MR) is 91.3 cm³/mol. The third-order valence-corrected chi connectivity index (χ3v) is 4.91. The molecule has 25 heavy (non-hydrogen) atoms. The molecular weight excluding hydrogens is 318 g/mol. The Hall–Kier alpha value is -2.47. The molecule has 6 nitrogen and oxygen atoms in total. The number of hydrogen-bond donors (Lipinski definition) is 0. The first-order valence-corrected chi connectivity index (χ1v) is 8.67. The first kappa shape index (κ1) is 16.0. The van der Waals surface area contributed by atoms with Crippen molar-refractivity contribution in [2.45, 2.75) is 25.0 Å². The second kappa shape index (κ2) is 7.19. The monoisotopic (exact) mass is 339 g/mol. The Kier molecular flexibility index (Phi) is 4.61. The summed E-state index contributed by atoms with van der Waals surface area (Å²) in [7, 11) is 0. The molecule has 3 heterocycles. The van der Waals surface area contributed by atoms with Crippen LogP contribution in [0.2, 0.25) is 0 Å². The molecule has 0 unspecified atom stereocenters. The Morgan fingerprint density at radius 3 is 3.00 bits per heavy atom. The fraction of sp³-hybridized carbons (Fsp3) is 0.421. The van der Waals surface area contributed by atoms with Gasteiger partial charge in [-0.1, -0.05) is 6.07 Å². The van der Waals surface area contributed by atoms with Crippen molar-refractivity contribution in [1.29, 1.82) is 0 Å². The molecule has 2 fully saturated rings. The molecule has 1 saturated heterocycles. The van der Waals surface area contributed by atoms with E-state index in [1.54, 1.807) is 24.7 Å². The lowest BCUT2D eigenvalue weighted by atomic mass is 10.1. The molecule has 4 rings (SSSR count). The van der Waals surface area contributed by atoms with Crippen molar-refractivity contribution in [3.05, 3.63) is 54.5 Å². The summed E-state index contributed by atoms with van der Waals surface area (Å²) in [6.07, 6.45) is 6.92. The maximum absolute atomic E-state index is 12.8. The predicted octanol–water partition coefficient (Wildman–Crippen LogP) is 2.18. The quantitative estimate of drug-likeness (QED) is 0.854. The van der Waals surface area contributed by atoms with Gasteiger partial charge >= 0.3 is 0 Å². The third kappa shape index (κ3) is 3.49. The van der Waals surface area contributed by atoms with Crippen LogP contribution >= 0.6 is 0 Å². The lowest BCUT2D eigenvalue weighted by Gasteiger charge is -2.37. The van der Waals surface area contributed by atoms with Gasteiger partial charge in [-0.05, 0) is 37.0 Å². The minimum atomic E-state index is 0.0395. The number of rotatable bonds is 4. The Morgan fingerprint density at radius 1 is 1.24 bits per heavy atom. The highest BCUT2D eigenvalue weighted by molar-refractivity contribution is 5.94. The maximum Gasteiger partial charge on any atom is 0.255 e. The molecule has 2 aliphatic rings. The normalized spacial score (nSPS) is 25.4. The Balaban J connectivity index is 1.41. The lowest BCUT2D eigenvalue weighted by Crippen LogP contribution is -2.51. The molecule has 0 bridgehead atoms. The molecule has 0 spiro atoms. The highest BCUT2D eigenvalue weighted by atomic mass is 16.5. The number of ether oxygens (including phenoxy) is 2. The van der Waals surface area contributed by atoms with Crippen molar-refractivity contribution in [2.24, 2.45) is 5.92 Å². The van der Waals surface area contributed by atoms with Crippen LogP contribution in [0.3, 0.4) is 0 Å². The SMILES string of the molecule is O=C(c1cccnc1)N1CCO[C@@H]2C[C@@H](COc3ccccn3)C[C@H]21. The van der Waals surface area contributed by atoms with Gasteiger partial charge in [0.25, 0.3) is 5.91 Å². The van der Waals surface area contributed by atoms with E-state index in [0.717, 1.165) is 12.8 Å². The van der Waals surface area contributed by atoms with E-state index in [2.05, 4.69) is 9.97 Å². The van der Waals surface area contributed by atoms with Crippen molar-refractivity contribution in [3.63, 3.8) is 0 Å². The number of amides is 1. The van der Waals surface area contributed by atoms with Crippen LogP contribution in [-0.2, 0) is 4.74 Å². The molecule has 2 aromatic rings. The minimum absolute atomic E-state index is 0.0395. The molecule has 1 aliphatic heterocycles. The average molecular weight is 339 g/mol. The van der Waals surface area contributed by atoms with E-state index in [4.69, 9.17) is 9.47 Å². The molecule has 1 saturated carbocycles. The fourth-order valence-electron chi connectivity index (χ4n) is 3.73. The van der Waals surface area contributed by atoms with Gasteiger partial charge in [-0.15, -0.1) is 0 Å². The number of fused-ring (bicyclic) bond motifs is 1. The van der Waals surface area contributed by atoms with E-state index in [-0.39, 0.29) is 18.1 Å². The van der Waals surface area contributed by atoms with Crippen LogP contribution in [0.1, 0.15) is 23.2 Å². The first-order valence-electron chi connectivity index (χ1n) is 8.67. The van der Waals surface area contributed by atoms with Gasteiger partial charge in [0, 0.05) is 31.2 Å². The molecule has 2 aromatic heterocycles. The van der Waals surface area contributed by atoms with E-state index in [1.807, 2.05) is 29.2 Å². The van der Waals surface area contributed by atoms with Crippen LogP contribution < -0.4 is 4.74 Å². The molecule has 6 heteroatoms. The number of carbonyl (C=O) groups excluding carboxylic acids is 1. The smallest absolute Gasteiger partial charge is 0.255 e. The number of hydrogen-bond acceptors (Lipinski definition) is 5. The zero-order valence-corrected chi connectivity index (χ0v) is 14.0. The summed E-state index contributed by atoms with van der Waals surface area (Å²) in [5.41, 5.74) is 0.635. The van der Waals surface area contributed by atoms with Gasteiger partial charge in [0.2, 0.25) is 5.88 Å². The summed E-state index contributed by atoms with van der Waals surface area (Å²) in [6, 6.07) is 9.36. The summed E-state index contributed by atoms with van der Waals surface area (Å²) in [5.74, 6) is 1.04. The third-order valence-electron chi connectivity index (χ3n) is 4.91.